The second kappa shape index (κ2) is 5.74. The van der Waals surface area contributed by atoms with E-state index in [9.17, 15) is 13.2 Å². The summed E-state index contributed by atoms with van der Waals surface area (Å²) in [7, 11) is -3.61. The van der Waals surface area contributed by atoms with E-state index in [1.165, 1.54) is 4.31 Å². The van der Waals surface area contributed by atoms with Gasteiger partial charge in [-0.15, -0.1) is 0 Å². The van der Waals surface area contributed by atoms with Crippen LogP contribution in [0.4, 0.5) is 0 Å². The molecule has 0 aliphatic carbocycles. The molecule has 110 valence electrons. The van der Waals surface area contributed by atoms with Crippen molar-refractivity contribution in [3.05, 3.63) is 0 Å². The van der Waals surface area contributed by atoms with E-state index in [1.807, 2.05) is 11.8 Å². The lowest BCUT2D eigenvalue weighted by molar-refractivity contribution is -0.139. The summed E-state index contributed by atoms with van der Waals surface area (Å²) in [4.78, 5) is 14.3. The molecule has 3 N–H and O–H groups in total. The standard InChI is InChI=1S/C11H22N4O3S/c1-9-8-13-4-7-15(9)11(16)10-2-5-14(6-3-10)19(12,17)18/h9-10,13H,2-8H2,1H3,(H2,12,17,18)/t9-/m1/s1. The highest BCUT2D eigenvalue weighted by Crippen LogP contribution is 2.22. The minimum absolute atomic E-state index is 0.0708. The minimum Gasteiger partial charge on any atom is -0.337 e. The summed E-state index contributed by atoms with van der Waals surface area (Å²) in [5.74, 6) is 0.0848. The molecule has 0 radical (unpaired) electrons. The van der Waals surface area contributed by atoms with Crippen molar-refractivity contribution in [1.29, 1.82) is 0 Å². The fraction of sp³-hybridized carbons (Fsp3) is 0.909. The average molecular weight is 290 g/mol. The predicted octanol–water partition coefficient (Wildman–Crippen LogP) is -1.28. The number of piperidine rings is 1. The van der Waals surface area contributed by atoms with Crippen molar-refractivity contribution < 1.29 is 13.2 Å². The van der Waals surface area contributed by atoms with Gasteiger partial charge in [0.25, 0.3) is 10.2 Å². The fourth-order valence-corrected chi connectivity index (χ4v) is 3.48. The second-order valence-corrected chi connectivity index (χ2v) is 6.85. The normalized spacial score (nSPS) is 27.5. The number of piperazine rings is 1. The number of amides is 1. The van der Waals surface area contributed by atoms with Crippen LogP contribution in [0.25, 0.3) is 0 Å². The Morgan fingerprint density at radius 1 is 1.26 bits per heavy atom. The largest absolute Gasteiger partial charge is 0.337 e. The molecule has 0 spiro atoms. The SMILES string of the molecule is C[C@@H]1CNCCN1C(=O)C1CCN(S(N)(=O)=O)CC1. The topological polar surface area (TPSA) is 95.7 Å². The lowest BCUT2D eigenvalue weighted by Crippen LogP contribution is -2.55. The van der Waals surface area contributed by atoms with Gasteiger partial charge in [0.1, 0.15) is 0 Å². The van der Waals surface area contributed by atoms with Gasteiger partial charge in [0.05, 0.1) is 0 Å². The number of nitrogens with one attached hydrogen (secondary N) is 1. The van der Waals surface area contributed by atoms with Crippen LogP contribution in [0.15, 0.2) is 0 Å². The van der Waals surface area contributed by atoms with E-state index in [2.05, 4.69) is 5.32 Å². The Morgan fingerprint density at radius 3 is 2.42 bits per heavy atom. The van der Waals surface area contributed by atoms with Gasteiger partial charge in [-0.25, -0.2) is 5.14 Å². The Balaban J connectivity index is 1.92. The number of carbonyl (C=O) groups excluding carboxylic acids is 1. The van der Waals surface area contributed by atoms with Crippen molar-refractivity contribution in [2.75, 3.05) is 32.7 Å². The molecule has 2 fully saturated rings. The van der Waals surface area contributed by atoms with Crippen molar-refractivity contribution in [1.82, 2.24) is 14.5 Å². The van der Waals surface area contributed by atoms with Crippen molar-refractivity contribution in [2.24, 2.45) is 11.1 Å². The molecular weight excluding hydrogens is 268 g/mol. The van der Waals surface area contributed by atoms with Gasteiger partial charge >= 0.3 is 0 Å². The third kappa shape index (κ3) is 3.44. The van der Waals surface area contributed by atoms with Crippen molar-refractivity contribution in [3.63, 3.8) is 0 Å². The van der Waals surface area contributed by atoms with Gasteiger partial charge in [-0.2, -0.15) is 12.7 Å². The molecule has 2 saturated heterocycles. The molecule has 0 saturated carbocycles. The first kappa shape index (κ1) is 14.7. The van der Waals surface area contributed by atoms with E-state index in [0.717, 1.165) is 19.6 Å². The summed E-state index contributed by atoms with van der Waals surface area (Å²) >= 11 is 0. The molecule has 0 bridgehead atoms. The van der Waals surface area contributed by atoms with Crippen LogP contribution in [0, 0.1) is 5.92 Å². The van der Waals surface area contributed by atoms with Gasteiger partial charge in [-0.3, -0.25) is 4.79 Å². The van der Waals surface area contributed by atoms with Crippen molar-refractivity contribution >= 4 is 16.1 Å². The molecule has 7 nitrogen and oxygen atoms in total. The third-order valence-corrected chi connectivity index (χ3v) is 5.03. The maximum absolute atomic E-state index is 12.4. The average Bonchev–Trinajstić information content (AvgIpc) is 2.38. The lowest BCUT2D eigenvalue weighted by atomic mass is 9.95. The Morgan fingerprint density at radius 2 is 1.89 bits per heavy atom. The van der Waals surface area contributed by atoms with Crippen LogP contribution in [0.1, 0.15) is 19.8 Å². The van der Waals surface area contributed by atoms with E-state index >= 15 is 0 Å². The zero-order chi connectivity index (χ0) is 14.0. The molecule has 0 aromatic rings. The quantitative estimate of drug-likeness (QED) is 0.662. The van der Waals surface area contributed by atoms with Gasteiger partial charge < -0.3 is 10.2 Å². The van der Waals surface area contributed by atoms with Gasteiger partial charge in [-0.05, 0) is 19.8 Å². The van der Waals surface area contributed by atoms with Crippen LogP contribution in [0.5, 0.6) is 0 Å². The van der Waals surface area contributed by atoms with Gasteiger partial charge in [0, 0.05) is 44.7 Å². The second-order valence-electron chi connectivity index (χ2n) is 5.30. The highest BCUT2D eigenvalue weighted by molar-refractivity contribution is 7.86. The van der Waals surface area contributed by atoms with Gasteiger partial charge in [0.2, 0.25) is 5.91 Å². The first-order valence-corrected chi connectivity index (χ1v) is 8.19. The minimum atomic E-state index is -3.61. The molecule has 19 heavy (non-hydrogen) atoms. The molecule has 2 rings (SSSR count). The van der Waals surface area contributed by atoms with Crippen LogP contribution < -0.4 is 10.5 Å². The zero-order valence-electron chi connectivity index (χ0n) is 11.2. The monoisotopic (exact) mass is 290 g/mol. The molecule has 2 aliphatic rings. The van der Waals surface area contributed by atoms with E-state index in [4.69, 9.17) is 5.14 Å². The molecule has 8 heteroatoms. The van der Waals surface area contributed by atoms with Crippen LogP contribution in [-0.4, -0.2) is 62.3 Å². The third-order valence-electron chi connectivity index (χ3n) is 3.95. The van der Waals surface area contributed by atoms with E-state index < -0.39 is 10.2 Å². The Kier molecular flexibility index (Phi) is 4.44. The zero-order valence-corrected chi connectivity index (χ0v) is 12.0. The van der Waals surface area contributed by atoms with Crippen LogP contribution in [0.3, 0.4) is 0 Å². The van der Waals surface area contributed by atoms with Gasteiger partial charge in [-0.1, -0.05) is 0 Å². The van der Waals surface area contributed by atoms with Gasteiger partial charge in [0.15, 0.2) is 0 Å². The highest BCUT2D eigenvalue weighted by atomic mass is 32.2. The molecule has 1 atom stereocenters. The molecule has 0 aromatic carbocycles. The summed E-state index contributed by atoms with van der Waals surface area (Å²) in [6.07, 6.45) is 1.12. The summed E-state index contributed by atoms with van der Waals surface area (Å²) in [6.45, 7) is 5.10. The number of nitrogens with zero attached hydrogens (tertiary/aromatic N) is 2. The summed E-state index contributed by atoms with van der Waals surface area (Å²) in [5.41, 5.74) is 0. The first-order chi connectivity index (χ1) is 8.89. The number of rotatable bonds is 2. The van der Waals surface area contributed by atoms with Crippen LogP contribution in [-0.2, 0) is 15.0 Å². The Bertz CT molecular complexity index is 431. The van der Waals surface area contributed by atoms with Crippen molar-refractivity contribution in [3.8, 4) is 0 Å². The molecule has 0 aromatic heterocycles. The molecule has 2 aliphatic heterocycles. The number of nitrogens with two attached hydrogens (primary N) is 1. The summed E-state index contributed by atoms with van der Waals surface area (Å²) < 4.78 is 23.7. The summed E-state index contributed by atoms with van der Waals surface area (Å²) in [5, 5.41) is 8.34. The smallest absolute Gasteiger partial charge is 0.276 e. The Hall–Kier alpha value is -0.700. The maximum Gasteiger partial charge on any atom is 0.276 e. The van der Waals surface area contributed by atoms with Crippen molar-refractivity contribution in [2.45, 2.75) is 25.8 Å². The predicted molar refractivity (Wildman–Crippen MR) is 71.4 cm³/mol. The molecular formula is C11H22N4O3S. The number of hydrogen-bond donors (Lipinski definition) is 2. The van der Waals surface area contributed by atoms with E-state index in [-0.39, 0.29) is 17.9 Å². The molecule has 1 amide bonds. The number of hydrogen-bond acceptors (Lipinski definition) is 4. The lowest BCUT2D eigenvalue weighted by Gasteiger charge is -2.38. The maximum atomic E-state index is 12.4. The fourth-order valence-electron chi connectivity index (χ4n) is 2.76. The first-order valence-electron chi connectivity index (χ1n) is 6.68. The Labute approximate surface area is 114 Å². The van der Waals surface area contributed by atoms with E-state index in [1.54, 1.807) is 0 Å². The summed E-state index contributed by atoms with van der Waals surface area (Å²) in [6, 6.07) is 0.206. The molecule has 2 heterocycles. The highest BCUT2D eigenvalue weighted by Gasteiger charge is 2.33. The van der Waals surface area contributed by atoms with Crippen LogP contribution >= 0.6 is 0 Å². The molecule has 0 unspecified atom stereocenters. The number of carbonyl (C=O) groups is 1. The van der Waals surface area contributed by atoms with E-state index in [0.29, 0.717) is 25.9 Å². The van der Waals surface area contributed by atoms with Crippen LogP contribution in [0.2, 0.25) is 0 Å².